The fourth-order valence-electron chi connectivity index (χ4n) is 3.27. The lowest BCUT2D eigenvalue weighted by Gasteiger charge is -2.19. The molecule has 2 aromatic rings. The predicted octanol–water partition coefficient (Wildman–Crippen LogP) is 3.19. The number of hydrogen-bond donors (Lipinski definition) is 1. The van der Waals surface area contributed by atoms with Crippen LogP contribution in [0.4, 0.5) is 0 Å². The SMILES string of the molecule is Cc1cc2ncc(C(C)NCC3CCCC3)c(C)n2n1. The molecule has 1 N–H and O–H groups in total. The summed E-state index contributed by atoms with van der Waals surface area (Å²) >= 11 is 0. The highest BCUT2D eigenvalue weighted by molar-refractivity contribution is 5.42. The fraction of sp³-hybridized carbons (Fsp3) is 0.625. The Bertz CT molecular complexity index is 596. The molecule has 0 spiro atoms. The lowest BCUT2D eigenvalue weighted by atomic mass is 10.1. The minimum Gasteiger partial charge on any atom is -0.310 e. The van der Waals surface area contributed by atoms with E-state index < -0.39 is 0 Å². The van der Waals surface area contributed by atoms with Crippen LogP contribution in [-0.4, -0.2) is 21.1 Å². The lowest BCUT2D eigenvalue weighted by Crippen LogP contribution is -2.25. The molecule has 0 aliphatic heterocycles. The van der Waals surface area contributed by atoms with Crippen molar-refractivity contribution in [3.05, 3.63) is 29.2 Å². The van der Waals surface area contributed by atoms with Gasteiger partial charge in [0.2, 0.25) is 0 Å². The molecule has 0 saturated heterocycles. The van der Waals surface area contributed by atoms with Gasteiger partial charge in [0.05, 0.1) is 5.69 Å². The number of nitrogens with zero attached hydrogens (tertiary/aromatic N) is 3. The minimum atomic E-state index is 0.331. The van der Waals surface area contributed by atoms with E-state index in [0.29, 0.717) is 6.04 Å². The maximum absolute atomic E-state index is 4.52. The van der Waals surface area contributed by atoms with Crippen molar-refractivity contribution in [1.29, 1.82) is 0 Å². The van der Waals surface area contributed by atoms with Crippen molar-refractivity contribution in [2.75, 3.05) is 6.54 Å². The van der Waals surface area contributed by atoms with E-state index in [9.17, 15) is 0 Å². The fourth-order valence-corrected chi connectivity index (χ4v) is 3.27. The van der Waals surface area contributed by atoms with Crippen molar-refractivity contribution in [3.8, 4) is 0 Å². The standard InChI is InChI=1S/C16H24N4/c1-11-8-16-18-10-15(13(3)20(16)19-11)12(2)17-9-14-6-4-5-7-14/h8,10,12,14,17H,4-7,9H2,1-3H3. The Kier molecular flexibility index (Phi) is 3.74. The van der Waals surface area contributed by atoms with E-state index >= 15 is 0 Å². The molecular weight excluding hydrogens is 248 g/mol. The number of aryl methyl sites for hydroxylation is 2. The van der Waals surface area contributed by atoms with E-state index in [1.165, 1.54) is 36.9 Å². The smallest absolute Gasteiger partial charge is 0.155 e. The molecule has 4 nitrogen and oxygen atoms in total. The zero-order valence-electron chi connectivity index (χ0n) is 12.7. The summed E-state index contributed by atoms with van der Waals surface area (Å²) in [7, 11) is 0. The monoisotopic (exact) mass is 272 g/mol. The molecule has 1 atom stereocenters. The highest BCUT2D eigenvalue weighted by Crippen LogP contribution is 2.25. The second-order valence-electron chi connectivity index (χ2n) is 6.14. The highest BCUT2D eigenvalue weighted by atomic mass is 15.3. The van der Waals surface area contributed by atoms with E-state index in [-0.39, 0.29) is 0 Å². The Labute approximate surface area is 120 Å². The summed E-state index contributed by atoms with van der Waals surface area (Å²) in [6, 6.07) is 2.35. The van der Waals surface area contributed by atoms with Crippen molar-refractivity contribution >= 4 is 5.65 Å². The summed E-state index contributed by atoms with van der Waals surface area (Å²) in [6.07, 6.45) is 7.57. The first-order valence-corrected chi connectivity index (χ1v) is 7.70. The predicted molar refractivity (Wildman–Crippen MR) is 80.8 cm³/mol. The maximum atomic E-state index is 4.52. The van der Waals surface area contributed by atoms with Crippen molar-refractivity contribution in [2.45, 2.75) is 52.5 Å². The number of fused-ring (bicyclic) bond motifs is 1. The van der Waals surface area contributed by atoms with Gasteiger partial charge in [0, 0.05) is 29.6 Å². The van der Waals surface area contributed by atoms with Crippen LogP contribution < -0.4 is 5.32 Å². The van der Waals surface area contributed by atoms with Crippen molar-refractivity contribution in [3.63, 3.8) is 0 Å². The zero-order chi connectivity index (χ0) is 14.1. The molecule has 1 fully saturated rings. The summed E-state index contributed by atoms with van der Waals surface area (Å²) in [5.74, 6) is 0.862. The van der Waals surface area contributed by atoms with Gasteiger partial charge in [-0.1, -0.05) is 12.8 Å². The summed E-state index contributed by atoms with van der Waals surface area (Å²) in [5, 5.41) is 8.19. The zero-order valence-corrected chi connectivity index (χ0v) is 12.7. The van der Waals surface area contributed by atoms with Crippen molar-refractivity contribution in [1.82, 2.24) is 19.9 Å². The molecule has 1 aliphatic rings. The maximum Gasteiger partial charge on any atom is 0.155 e. The first-order chi connectivity index (χ1) is 9.65. The topological polar surface area (TPSA) is 42.2 Å². The molecule has 0 aromatic carbocycles. The van der Waals surface area contributed by atoms with Gasteiger partial charge < -0.3 is 5.32 Å². The van der Waals surface area contributed by atoms with Crippen LogP contribution in [0.3, 0.4) is 0 Å². The van der Waals surface area contributed by atoms with Crippen LogP contribution in [-0.2, 0) is 0 Å². The number of hydrogen-bond acceptors (Lipinski definition) is 3. The number of aromatic nitrogens is 3. The van der Waals surface area contributed by atoms with Gasteiger partial charge in [-0.3, -0.25) is 0 Å². The van der Waals surface area contributed by atoms with Crippen LogP contribution in [0.1, 0.15) is 55.6 Å². The molecule has 0 amide bonds. The average Bonchev–Trinajstić information content (AvgIpc) is 3.05. The Balaban J connectivity index is 1.76. The van der Waals surface area contributed by atoms with E-state index in [0.717, 1.165) is 23.8 Å². The summed E-state index contributed by atoms with van der Waals surface area (Å²) in [5.41, 5.74) is 4.39. The Hall–Kier alpha value is -1.42. The third kappa shape index (κ3) is 2.57. The minimum absolute atomic E-state index is 0.331. The van der Waals surface area contributed by atoms with Crippen LogP contribution in [0.25, 0.3) is 5.65 Å². The van der Waals surface area contributed by atoms with E-state index in [4.69, 9.17) is 0 Å². The van der Waals surface area contributed by atoms with Crippen LogP contribution in [0, 0.1) is 19.8 Å². The first kappa shape index (κ1) is 13.6. The second-order valence-corrected chi connectivity index (χ2v) is 6.14. The van der Waals surface area contributed by atoms with Crippen LogP contribution in [0.5, 0.6) is 0 Å². The largest absolute Gasteiger partial charge is 0.310 e. The van der Waals surface area contributed by atoms with E-state index in [2.05, 4.69) is 29.2 Å². The van der Waals surface area contributed by atoms with Crippen LogP contribution in [0.15, 0.2) is 12.3 Å². The third-order valence-corrected chi connectivity index (χ3v) is 4.54. The molecular formula is C16H24N4. The summed E-state index contributed by atoms with van der Waals surface area (Å²) in [4.78, 5) is 4.52. The van der Waals surface area contributed by atoms with E-state index in [1.54, 1.807) is 0 Å². The van der Waals surface area contributed by atoms with Gasteiger partial charge in [-0.05, 0) is 46.1 Å². The molecule has 4 heteroatoms. The van der Waals surface area contributed by atoms with Gasteiger partial charge in [0.15, 0.2) is 5.65 Å². The Morgan fingerprint density at radius 2 is 2.10 bits per heavy atom. The van der Waals surface area contributed by atoms with Crippen LogP contribution in [0.2, 0.25) is 0 Å². The summed E-state index contributed by atoms with van der Waals surface area (Å²) < 4.78 is 1.96. The van der Waals surface area contributed by atoms with Crippen molar-refractivity contribution < 1.29 is 0 Å². The lowest BCUT2D eigenvalue weighted by molar-refractivity contribution is 0.450. The Morgan fingerprint density at radius 3 is 2.85 bits per heavy atom. The van der Waals surface area contributed by atoms with Crippen molar-refractivity contribution in [2.24, 2.45) is 5.92 Å². The van der Waals surface area contributed by atoms with Gasteiger partial charge in [0.1, 0.15) is 0 Å². The molecule has 108 valence electrons. The molecule has 1 saturated carbocycles. The molecule has 1 unspecified atom stereocenters. The van der Waals surface area contributed by atoms with Crippen LogP contribution >= 0.6 is 0 Å². The number of nitrogens with one attached hydrogen (secondary N) is 1. The van der Waals surface area contributed by atoms with Gasteiger partial charge in [0.25, 0.3) is 0 Å². The van der Waals surface area contributed by atoms with Gasteiger partial charge >= 0.3 is 0 Å². The molecule has 0 bridgehead atoms. The Morgan fingerprint density at radius 1 is 1.35 bits per heavy atom. The average molecular weight is 272 g/mol. The third-order valence-electron chi connectivity index (χ3n) is 4.54. The normalized spacial score (nSPS) is 17.9. The molecule has 2 heterocycles. The molecule has 1 aliphatic carbocycles. The quantitative estimate of drug-likeness (QED) is 0.929. The van der Waals surface area contributed by atoms with Gasteiger partial charge in [-0.25, -0.2) is 9.50 Å². The molecule has 0 radical (unpaired) electrons. The van der Waals surface area contributed by atoms with Gasteiger partial charge in [-0.15, -0.1) is 0 Å². The molecule has 3 rings (SSSR count). The van der Waals surface area contributed by atoms with Gasteiger partial charge in [-0.2, -0.15) is 5.10 Å². The highest BCUT2D eigenvalue weighted by Gasteiger charge is 2.17. The number of rotatable bonds is 4. The molecule has 20 heavy (non-hydrogen) atoms. The van der Waals surface area contributed by atoms with E-state index in [1.807, 2.05) is 23.7 Å². The molecule has 2 aromatic heterocycles. The summed E-state index contributed by atoms with van der Waals surface area (Å²) in [6.45, 7) is 7.48. The second kappa shape index (κ2) is 5.52. The first-order valence-electron chi connectivity index (χ1n) is 7.70.